The number of hydrogen-bond donors (Lipinski definition) is 2. The number of hydrogen-bond acceptors (Lipinski definition) is 3. The maximum atomic E-state index is 13.8. The molecular weight excluding hydrogens is 269 g/mol. The molecule has 1 aromatic rings. The summed E-state index contributed by atoms with van der Waals surface area (Å²) in [5.74, 6) is -0.122. The van der Waals surface area contributed by atoms with Crippen LogP contribution in [0.4, 0.5) is 4.39 Å². The molecular formula is C16H24FN3O. The zero-order chi connectivity index (χ0) is 15.2. The van der Waals surface area contributed by atoms with Gasteiger partial charge in [0.25, 0.3) is 0 Å². The van der Waals surface area contributed by atoms with E-state index in [1.807, 2.05) is 13.0 Å². The standard InChI is InChI=1S/C16H24FN3O/c1-12-4-5-15(17)14(9-12)11-20-8-2-3-13(10-20)16(21)19-7-6-18/h4-5,9,13H,2-3,6-8,10-11,18H2,1H3,(H,19,21). The Bertz CT molecular complexity index is 492. The summed E-state index contributed by atoms with van der Waals surface area (Å²) in [5, 5.41) is 2.84. The maximum absolute atomic E-state index is 13.8. The molecule has 116 valence electrons. The topological polar surface area (TPSA) is 58.4 Å². The first-order valence-electron chi connectivity index (χ1n) is 7.55. The van der Waals surface area contributed by atoms with Crippen molar-refractivity contribution in [3.05, 3.63) is 35.1 Å². The van der Waals surface area contributed by atoms with Crippen molar-refractivity contribution < 1.29 is 9.18 Å². The second-order valence-corrected chi connectivity index (χ2v) is 5.75. The van der Waals surface area contributed by atoms with E-state index in [0.717, 1.165) is 24.9 Å². The maximum Gasteiger partial charge on any atom is 0.224 e. The number of benzene rings is 1. The molecule has 1 aliphatic rings. The Morgan fingerprint density at radius 3 is 3.10 bits per heavy atom. The lowest BCUT2D eigenvalue weighted by Crippen LogP contribution is -2.43. The summed E-state index contributed by atoms with van der Waals surface area (Å²) in [4.78, 5) is 14.2. The van der Waals surface area contributed by atoms with Crippen molar-refractivity contribution in [3.8, 4) is 0 Å². The fraction of sp³-hybridized carbons (Fsp3) is 0.562. The van der Waals surface area contributed by atoms with Gasteiger partial charge in [0.1, 0.15) is 5.82 Å². The molecule has 21 heavy (non-hydrogen) atoms. The Kier molecular flexibility index (Phi) is 5.70. The lowest BCUT2D eigenvalue weighted by Gasteiger charge is -2.32. The minimum absolute atomic E-state index is 0.0156. The zero-order valence-corrected chi connectivity index (χ0v) is 12.6. The summed E-state index contributed by atoms with van der Waals surface area (Å²) >= 11 is 0. The van der Waals surface area contributed by atoms with Gasteiger partial charge in [0.2, 0.25) is 5.91 Å². The number of carbonyl (C=O) groups excluding carboxylic acids is 1. The van der Waals surface area contributed by atoms with Crippen LogP contribution >= 0.6 is 0 Å². The van der Waals surface area contributed by atoms with Crippen molar-refractivity contribution in [3.63, 3.8) is 0 Å². The molecule has 2 rings (SSSR count). The van der Waals surface area contributed by atoms with Gasteiger partial charge in [0.15, 0.2) is 0 Å². The summed E-state index contributed by atoms with van der Waals surface area (Å²) in [6, 6.07) is 5.17. The Hall–Kier alpha value is -1.46. The molecule has 0 bridgehead atoms. The number of piperidine rings is 1. The van der Waals surface area contributed by atoms with Crippen LogP contribution in [0.2, 0.25) is 0 Å². The predicted octanol–water partition coefficient (Wildman–Crippen LogP) is 1.42. The average molecular weight is 293 g/mol. The van der Waals surface area contributed by atoms with Crippen LogP contribution in [-0.4, -0.2) is 37.0 Å². The first-order chi connectivity index (χ1) is 10.1. The third kappa shape index (κ3) is 4.51. The third-order valence-electron chi connectivity index (χ3n) is 3.92. The largest absolute Gasteiger partial charge is 0.355 e. The van der Waals surface area contributed by atoms with Gasteiger partial charge in [0.05, 0.1) is 5.92 Å². The van der Waals surface area contributed by atoms with Gasteiger partial charge < -0.3 is 11.1 Å². The van der Waals surface area contributed by atoms with Crippen LogP contribution < -0.4 is 11.1 Å². The molecule has 0 radical (unpaired) electrons. The molecule has 1 amide bonds. The fourth-order valence-electron chi connectivity index (χ4n) is 2.82. The van der Waals surface area contributed by atoms with E-state index < -0.39 is 0 Å². The van der Waals surface area contributed by atoms with Crippen molar-refractivity contribution in [2.24, 2.45) is 11.7 Å². The number of likely N-dealkylation sites (tertiary alicyclic amines) is 1. The summed E-state index contributed by atoms with van der Waals surface area (Å²) in [7, 11) is 0. The van der Waals surface area contributed by atoms with Crippen molar-refractivity contribution in [2.45, 2.75) is 26.3 Å². The highest BCUT2D eigenvalue weighted by atomic mass is 19.1. The number of nitrogens with one attached hydrogen (secondary N) is 1. The van der Waals surface area contributed by atoms with E-state index in [1.54, 1.807) is 6.07 Å². The van der Waals surface area contributed by atoms with E-state index >= 15 is 0 Å². The van der Waals surface area contributed by atoms with Crippen molar-refractivity contribution in [2.75, 3.05) is 26.2 Å². The normalized spacial score (nSPS) is 19.5. The molecule has 3 N–H and O–H groups in total. The van der Waals surface area contributed by atoms with Gasteiger partial charge in [-0.05, 0) is 32.4 Å². The second kappa shape index (κ2) is 7.52. The van der Waals surface area contributed by atoms with Gasteiger partial charge in [-0.3, -0.25) is 9.69 Å². The average Bonchev–Trinajstić information content (AvgIpc) is 2.49. The van der Waals surface area contributed by atoms with Gasteiger partial charge >= 0.3 is 0 Å². The van der Waals surface area contributed by atoms with Crippen LogP contribution in [0.5, 0.6) is 0 Å². The SMILES string of the molecule is Cc1ccc(F)c(CN2CCCC(C(=O)NCCN)C2)c1. The van der Waals surface area contributed by atoms with Crippen LogP contribution in [0.3, 0.4) is 0 Å². The van der Waals surface area contributed by atoms with Crippen molar-refractivity contribution in [1.29, 1.82) is 0 Å². The molecule has 1 fully saturated rings. The fourth-order valence-corrected chi connectivity index (χ4v) is 2.82. The van der Waals surface area contributed by atoms with Crippen molar-refractivity contribution in [1.82, 2.24) is 10.2 Å². The monoisotopic (exact) mass is 293 g/mol. The molecule has 1 atom stereocenters. The quantitative estimate of drug-likeness (QED) is 0.863. The third-order valence-corrected chi connectivity index (χ3v) is 3.92. The van der Waals surface area contributed by atoms with Gasteiger partial charge in [-0.1, -0.05) is 17.7 Å². The highest BCUT2D eigenvalue weighted by Gasteiger charge is 2.25. The Morgan fingerprint density at radius 2 is 2.33 bits per heavy atom. The summed E-state index contributed by atoms with van der Waals surface area (Å²) in [6.07, 6.45) is 1.86. The van der Waals surface area contributed by atoms with E-state index in [2.05, 4.69) is 10.2 Å². The van der Waals surface area contributed by atoms with Crippen LogP contribution in [0.1, 0.15) is 24.0 Å². The number of aryl methyl sites for hydroxylation is 1. The molecule has 0 aromatic heterocycles. The highest BCUT2D eigenvalue weighted by Crippen LogP contribution is 2.20. The minimum atomic E-state index is -0.171. The number of nitrogens with two attached hydrogens (primary N) is 1. The van der Waals surface area contributed by atoms with E-state index in [0.29, 0.717) is 31.7 Å². The summed E-state index contributed by atoms with van der Waals surface area (Å²) in [5.41, 5.74) is 7.16. The molecule has 0 spiro atoms. The van der Waals surface area contributed by atoms with Gasteiger partial charge in [0, 0.05) is 31.7 Å². The number of nitrogens with zero attached hydrogens (tertiary/aromatic N) is 1. The Morgan fingerprint density at radius 1 is 1.52 bits per heavy atom. The van der Waals surface area contributed by atoms with Crippen LogP contribution in [0.15, 0.2) is 18.2 Å². The van der Waals surface area contributed by atoms with E-state index in [9.17, 15) is 9.18 Å². The van der Waals surface area contributed by atoms with Gasteiger partial charge in [-0.2, -0.15) is 0 Å². The van der Waals surface area contributed by atoms with Gasteiger partial charge in [-0.25, -0.2) is 4.39 Å². The lowest BCUT2D eigenvalue weighted by molar-refractivity contribution is -0.126. The number of halogens is 1. The second-order valence-electron chi connectivity index (χ2n) is 5.75. The molecule has 4 nitrogen and oxygen atoms in total. The predicted molar refractivity (Wildman–Crippen MR) is 81.2 cm³/mol. The molecule has 1 aliphatic heterocycles. The Balaban J connectivity index is 1.94. The highest BCUT2D eigenvalue weighted by molar-refractivity contribution is 5.78. The molecule has 1 aromatic carbocycles. The van der Waals surface area contributed by atoms with E-state index in [4.69, 9.17) is 5.73 Å². The van der Waals surface area contributed by atoms with Crippen LogP contribution in [-0.2, 0) is 11.3 Å². The number of carbonyl (C=O) groups is 1. The molecule has 0 aliphatic carbocycles. The summed E-state index contributed by atoms with van der Waals surface area (Å²) < 4.78 is 13.8. The number of rotatable bonds is 5. The number of amides is 1. The smallest absolute Gasteiger partial charge is 0.224 e. The Labute approximate surface area is 125 Å². The first-order valence-corrected chi connectivity index (χ1v) is 7.55. The molecule has 5 heteroatoms. The minimum Gasteiger partial charge on any atom is -0.355 e. The van der Waals surface area contributed by atoms with Crippen LogP contribution in [0, 0.1) is 18.7 Å². The van der Waals surface area contributed by atoms with Crippen molar-refractivity contribution >= 4 is 5.91 Å². The van der Waals surface area contributed by atoms with E-state index in [1.165, 1.54) is 6.07 Å². The lowest BCUT2D eigenvalue weighted by atomic mass is 9.96. The van der Waals surface area contributed by atoms with Crippen LogP contribution in [0.25, 0.3) is 0 Å². The first kappa shape index (κ1) is 15.9. The molecule has 1 unspecified atom stereocenters. The molecule has 1 saturated heterocycles. The summed E-state index contributed by atoms with van der Waals surface area (Å²) in [6.45, 7) is 5.09. The van der Waals surface area contributed by atoms with Gasteiger partial charge in [-0.15, -0.1) is 0 Å². The molecule has 0 saturated carbocycles. The molecule has 1 heterocycles. The zero-order valence-electron chi connectivity index (χ0n) is 12.6. The van der Waals surface area contributed by atoms with E-state index in [-0.39, 0.29) is 17.6 Å².